The van der Waals surface area contributed by atoms with Crippen LogP contribution in [-0.4, -0.2) is 21.4 Å². The topological polar surface area (TPSA) is 72.5 Å². The van der Waals surface area contributed by atoms with Crippen molar-refractivity contribution in [2.45, 2.75) is 55.3 Å². The standard InChI is InChI=1S/C26H27NO4S/c1-31-23-16-15-20(18-8-4-9-18)25-21(23)12-6-13-22(25)26(28)27-32(29,30)24-14-5-10-17-7-2-3-11-19(17)24/h2-3,5,7,10-11,14-16,18,22H,4,6,8-9,12-13H2,1H3,(H,27,28)/t22-/m0/s1. The number of ether oxygens (including phenoxy) is 1. The number of fused-ring (bicyclic) bond motifs is 2. The summed E-state index contributed by atoms with van der Waals surface area (Å²) in [6.45, 7) is 0. The number of sulfonamides is 1. The van der Waals surface area contributed by atoms with E-state index in [2.05, 4.69) is 10.8 Å². The lowest BCUT2D eigenvalue weighted by Crippen LogP contribution is -2.37. The van der Waals surface area contributed by atoms with Crippen LogP contribution < -0.4 is 9.46 Å². The van der Waals surface area contributed by atoms with Crippen LogP contribution in [0.3, 0.4) is 0 Å². The predicted molar refractivity (Wildman–Crippen MR) is 125 cm³/mol. The number of nitrogens with one attached hydrogen (secondary N) is 1. The second-order valence-corrected chi connectivity index (χ2v) is 10.4. The van der Waals surface area contributed by atoms with E-state index in [1.807, 2.05) is 24.3 Å². The van der Waals surface area contributed by atoms with E-state index in [-0.39, 0.29) is 4.90 Å². The van der Waals surface area contributed by atoms with Crippen LogP contribution in [0.2, 0.25) is 0 Å². The van der Waals surface area contributed by atoms with Crippen LogP contribution >= 0.6 is 0 Å². The van der Waals surface area contributed by atoms with Crippen LogP contribution in [0.5, 0.6) is 5.75 Å². The first kappa shape index (κ1) is 21.0. The van der Waals surface area contributed by atoms with Gasteiger partial charge in [0.15, 0.2) is 0 Å². The Balaban J connectivity index is 1.52. The zero-order chi connectivity index (χ0) is 22.3. The summed E-state index contributed by atoms with van der Waals surface area (Å²) in [7, 11) is -2.36. The highest BCUT2D eigenvalue weighted by molar-refractivity contribution is 7.90. The van der Waals surface area contributed by atoms with E-state index in [0.717, 1.165) is 47.9 Å². The van der Waals surface area contributed by atoms with Gasteiger partial charge in [0, 0.05) is 5.39 Å². The minimum absolute atomic E-state index is 0.129. The van der Waals surface area contributed by atoms with E-state index in [0.29, 0.717) is 17.7 Å². The minimum atomic E-state index is -4.01. The van der Waals surface area contributed by atoms with Crippen LogP contribution in [-0.2, 0) is 21.2 Å². The summed E-state index contributed by atoms with van der Waals surface area (Å²) < 4.78 is 34.5. The quantitative estimate of drug-likeness (QED) is 0.592. The molecule has 2 aliphatic rings. The van der Waals surface area contributed by atoms with Crippen molar-refractivity contribution in [2.24, 2.45) is 0 Å². The van der Waals surface area contributed by atoms with Crippen LogP contribution in [0.1, 0.15) is 60.6 Å². The maximum absolute atomic E-state index is 13.4. The van der Waals surface area contributed by atoms with E-state index in [4.69, 9.17) is 4.74 Å². The molecular formula is C26H27NO4S. The third-order valence-electron chi connectivity index (χ3n) is 6.97. The van der Waals surface area contributed by atoms with E-state index < -0.39 is 21.8 Å². The fourth-order valence-corrected chi connectivity index (χ4v) is 6.43. The van der Waals surface area contributed by atoms with Gasteiger partial charge in [0.2, 0.25) is 5.91 Å². The predicted octanol–water partition coefficient (Wildman–Crippen LogP) is 5.04. The SMILES string of the molecule is COc1ccc(C2CCC2)c2c1CCC[C@@H]2C(=O)NS(=O)(=O)c1cccc2ccccc12. The van der Waals surface area contributed by atoms with E-state index in [1.165, 1.54) is 12.0 Å². The summed E-state index contributed by atoms with van der Waals surface area (Å²) in [4.78, 5) is 13.6. The number of carbonyl (C=O) groups is 1. The maximum Gasteiger partial charge on any atom is 0.264 e. The lowest BCUT2D eigenvalue weighted by Gasteiger charge is -2.34. The number of hydrogen-bond acceptors (Lipinski definition) is 4. The molecule has 5 nitrogen and oxygen atoms in total. The molecule has 6 heteroatoms. The Hall–Kier alpha value is -2.86. The zero-order valence-corrected chi connectivity index (χ0v) is 19.0. The molecule has 1 saturated carbocycles. The molecule has 3 aromatic rings. The summed E-state index contributed by atoms with van der Waals surface area (Å²) >= 11 is 0. The highest BCUT2D eigenvalue weighted by atomic mass is 32.2. The van der Waals surface area contributed by atoms with Crippen molar-refractivity contribution in [1.29, 1.82) is 0 Å². The molecule has 1 amide bonds. The van der Waals surface area contributed by atoms with Gasteiger partial charge in [0.05, 0.1) is 17.9 Å². The first-order valence-electron chi connectivity index (χ1n) is 11.2. The van der Waals surface area contributed by atoms with Crippen molar-refractivity contribution in [3.63, 3.8) is 0 Å². The van der Waals surface area contributed by atoms with Gasteiger partial charge in [-0.25, -0.2) is 13.1 Å². The normalized spacial score (nSPS) is 18.6. The molecule has 0 heterocycles. The van der Waals surface area contributed by atoms with Crippen LogP contribution in [0.25, 0.3) is 10.8 Å². The Labute approximate surface area is 188 Å². The van der Waals surface area contributed by atoms with Gasteiger partial charge in [0.25, 0.3) is 10.0 Å². The summed E-state index contributed by atoms with van der Waals surface area (Å²) in [5, 5.41) is 1.43. The molecule has 0 aromatic heterocycles. The highest BCUT2D eigenvalue weighted by Crippen LogP contribution is 2.46. The van der Waals surface area contributed by atoms with Gasteiger partial charge < -0.3 is 4.74 Å². The Morgan fingerprint density at radius 1 is 0.969 bits per heavy atom. The van der Waals surface area contributed by atoms with Crippen molar-refractivity contribution >= 4 is 26.7 Å². The van der Waals surface area contributed by atoms with Crippen molar-refractivity contribution in [3.8, 4) is 5.75 Å². The number of benzene rings is 3. The average Bonchev–Trinajstić information content (AvgIpc) is 2.77. The fourth-order valence-electron chi connectivity index (χ4n) is 5.18. The first-order chi connectivity index (χ1) is 15.5. The van der Waals surface area contributed by atoms with Crippen molar-refractivity contribution in [1.82, 2.24) is 4.72 Å². The fraction of sp³-hybridized carbons (Fsp3) is 0.346. The lowest BCUT2D eigenvalue weighted by molar-refractivity contribution is -0.121. The maximum atomic E-state index is 13.4. The Kier molecular flexibility index (Phi) is 5.41. The number of methoxy groups -OCH3 is 1. The van der Waals surface area contributed by atoms with Gasteiger partial charge in [-0.2, -0.15) is 0 Å². The van der Waals surface area contributed by atoms with Crippen LogP contribution in [0.15, 0.2) is 59.5 Å². The smallest absolute Gasteiger partial charge is 0.264 e. The minimum Gasteiger partial charge on any atom is -0.496 e. The summed E-state index contributed by atoms with van der Waals surface area (Å²) in [5.41, 5.74) is 3.24. The molecule has 32 heavy (non-hydrogen) atoms. The lowest BCUT2D eigenvalue weighted by atomic mass is 9.71. The number of amides is 1. The summed E-state index contributed by atoms with van der Waals surface area (Å²) in [6, 6.07) is 16.5. The molecule has 0 saturated heterocycles. The van der Waals surface area contributed by atoms with Crippen molar-refractivity contribution < 1.29 is 17.9 Å². The van der Waals surface area contributed by atoms with Gasteiger partial charge in [0.1, 0.15) is 5.75 Å². The molecule has 3 aromatic carbocycles. The molecular weight excluding hydrogens is 422 g/mol. The van der Waals surface area contributed by atoms with Gasteiger partial charge in [-0.3, -0.25) is 4.79 Å². The van der Waals surface area contributed by atoms with Gasteiger partial charge in [-0.15, -0.1) is 0 Å². The van der Waals surface area contributed by atoms with Crippen molar-refractivity contribution in [3.05, 3.63) is 71.3 Å². The second kappa shape index (κ2) is 8.24. The van der Waals surface area contributed by atoms with E-state index in [9.17, 15) is 13.2 Å². The summed E-state index contributed by atoms with van der Waals surface area (Å²) in [6.07, 6.45) is 5.72. The monoisotopic (exact) mass is 449 g/mol. The molecule has 1 atom stereocenters. The average molecular weight is 450 g/mol. The molecule has 0 spiro atoms. The molecule has 2 aliphatic carbocycles. The Morgan fingerprint density at radius 2 is 1.75 bits per heavy atom. The number of rotatable bonds is 5. The number of hydrogen-bond donors (Lipinski definition) is 1. The van der Waals surface area contributed by atoms with E-state index in [1.54, 1.807) is 31.4 Å². The highest BCUT2D eigenvalue weighted by Gasteiger charge is 2.36. The molecule has 1 fully saturated rings. The molecule has 0 bridgehead atoms. The van der Waals surface area contributed by atoms with Gasteiger partial charge >= 0.3 is 0 Å². The largest absolute Gasteiger partial charge is 0.496 e. The summed E-state index contributed by atoms with van der Waals surface area (Å²) in [5.74, 6) is 0.289. The molecule has 0 radical (unpaired) electrons. The molecule has 0 aliphatic heterocycles. The first-order valence-corrected chi connectivity index (χ1v) is 12.7. The zero-order valence-electron chi connectivity index (χ0n) is 18.1. The van der Waals surface area contributed by atoms with Gasteiger partial charge in [-0.05, 0) is 72.2 Å². The van der Waals surface area contributed by atoms with Crippen LogP contribution in [0, 0.1) is 0 Å². The Morgan fingerprint density at radius 3 is 2.50 bits per heavy atom. The molecule has 1 N–H and O–H groups in total. The number of carbonyl (C=O) groups excluding carboxylic acids is 1. The van der Waals surface area contributed by atoms with E-state index >= 15 is 0 Å². The third-order valence-corrected chi connectivity index (χ3v) is 8.38. The molecule has 5 rings (SSSR count). The van der Waals surface area contributed by atoms with Crippen LogP contribution in [0.4, 0.5) is 0 Å². The molecule has 0 unspecified atom stereocenters. The third kappa shape index (κ3) is 3.56. The Bertz CT molecular complexity index is 1290. The molecule has 166 valence electrons. The van der Waals surface area contributed by atoms with Crippen molar-refractivity contribution in [2.75, 3.05) is 7.11 Å². The van der Waals surface area contributed by atoms with Gasteiger partial charge in [-0.1, -0.05) is 48.9 Å². The second-order valence-electron chi connectivity index (χ2n) is 8.77.